The van der Waals surface area contributed by atoms with E-state index in [0.717, 1.165) is 11.5 Å². The summed E-state index contributed by atoms with van der Waals surface area (Å²) in [4.78, 5) is 0. The normalized spacial score (nSPS) is 19.7. The zero-order chi connectivity index (χ0) is 18.6. The van der Waals surface area contributed by atoms with E-state index in [0.29, 0.717) is 7.25 Å². The van der Waals surface area contributed by atoms with Crippen molar-refractivity contribution in [3.63, 3.8) is 0 Å². The molecule has 1 atom stereocenters. The van der Waals surface area contributed by atoms with Crippen molar-refractivity contribution in [1.82, 2.24) is 0 Å². The van der Waals surface area contributed by atoms with Crippen LogP contribution >= 0.6 is 8.51 Å². The van der Waals surface area contributed by atoms with Gasteiger partial charge in [-0.2, -0.15) is 0 Å². The van der Waals surface area contributed by atoms with Crippen molar-refractivity contribution >= 4 is 14.6 Å². The predicted molar refractivity (Wildman–Crippen MR) is 107 cm³/mol. The molecule has 1 aromatic carbocycles. The van der Waals surface area contributed by atoms with Gasteiger partial charge < -0.3 is 0 Å². The number of aryl methyl sites for hydroxylation is 1. The molecule has 1 heterocycles. The van der Waals surface area contributed by atoms with Crippen LogP contribution in [0.1, 0.15) is 48.2 Å². The molecule has 2 aliphatic carbocycles. The molecule has 3 heteroatoms. The topological polar surface area (TPSA) is 13.1 Å². The molecule has 133 valence electrons. The summed E-state index contributed by atoms with van der Waals surface area (Å²) in [7, 11) is 7.30. The standard InChI is InChI=1S/C14H11O.C9H13.ClH.Zr/c1-10-8-9-14(15-10)13-7-3-5-11-4-2-6-12(11)13;1-6-5-7(2)9(4)8(6)3;;/h2-9H,1H3;5H,1-4H3;1H;/q;;;+1/p-1. The first-order chi connectivity index (χ1) is 12.4. The molecule has 1 nitrogen and oxygen atoms in total. The van der Waals surface area contributed by atoms with Gasteiger partial charge in [0.05, 0.1) is 0 Å². The molecule has 1 unspecified atom stereocenters. The van der Waals surface area contributed by atoms with Gasteiger partial charge in [-0.3, -0.25) is 0 Å². The van der Waals surface area contributed by atoms with E-state index in [-0.39, 0.29) is 0 Å². The zero-order valence-corrected chi connectivity index (χ0v) is 19.2. The molecule has 0 bridgehead atoms. The Kier molecular flexibility index (Phi) is 4.78. The van der Waals surface area contributed by atoms with Crippen molar-refractivity contribution in [3.8, 4) is 11.3 Å². The van der Waals surface area contributed by atoms with Crippen molar-refractivity contribution in [2.24, 2.45) is 0 Å². The van der Waals surface area contributed by atoms with Gasteiger partial charge in [-0.25, -0.2) is 0 Å². The molecule has 0 aliphatic heterocycles. The number of benzene rings is 1. The number of furan rings is 1. The van der Waals surface area contributed by atoms with Gasteiger partial charge in [0.2, 0.25) is 0 Å². The molecule has 0 N–H and O–H groups in total. The van der Waals surface area contributed by atoms with Crippen LogP contribution in [0.4, 0.5) is 0 Å². The van der Waals surface area contributed by atoms with Gasteiger partial charge in [0.1, 0.15) is 0 Å². The number of allylic oxidation sites excluding steroid dienone is 5. The molecule has 1 aromatic heterocycles. The first-order valence-electron chi connectivity index (χ1n) is 9.15. The van der Waals surface area contributed by atoms with E-state index in [4.69, 9.17) is 12.9 Å². The Morgan fingerprint density at radius 3 is 2.23 bits per heavy atom. The molecular weight excluding hydrogens is 419 g/mol. The second-order valence-electron chi connectivity index (χ2n) is 7.49. The van der Waals surface area contributed by atoms with Crippen molar-refractivity contribution in [1.29, 1.82) is 0 Å². The van der Waals surface area contributed by atoms with E-state index in [1.54, 1.807) is 0 Å². The molecule has 0 saturated carbocycles. The fraction of sp³-hybridized carbons (Fsp3) is 0.304. The van der Waals surface area contributed by atoms with Crippen LogP contribution in [0.5, 0.6) is 0 Å². The summed E-state index contributed by atoms with van der Waals surface area (Å²) in [5.41, 5.74) is 9.78. The van der Waals surface area contributed by atoms with E-state index >= 15 is 0 Å². The van der Waals surface area contributed by atoms with Crippen LogP contribution in [0.3, 0.4) is 0 Å². The Morgan fingerprint density at radius 1 is 0.923 bits per heavy atom. The number of hydrogen-bond acceptors (Lipinski definition) is 1. The fourth-order valence-corrected chi connectivity index (χ4v) is 13.4. The monoisotopic (exact) mass is 441 g/mol. The van der Waals surface area contributed by atoms with Gasteiger partial charge in [-0.1, -0.05) is 0 Å². The Labute approximate surface area is 167 Å². The van der Waals surface area contributed by atoms with Crippen LogP contribution in [-0.2, 0) is 20.6 Å². The first kappa shape index (κ1) is 18.3. The summed E-state index contributed by atoms with van der Waals surface area (Å²) in [5.74, 6) is 1.90. The molecule has 0 spiro atoms. The molecule has 2 aliphatic rings. The number of rotatable bonds is 3. The summed E-state index contributed by atoms with van der Waals surface area (Å²) < 4.78 is 6.81. The summed E-state index contributed by atoms with van der Waals surface area (Å²) in [5, 5.41) is 0. The minimum atomic E-state index is -2.28. The van der Waals surface area contributed by atoms with Gasteiger partial charge in [-0.15, -0.1) is 0 Å². The van der Waals surface area contributed by atoms with E-state index < -0.39 is 20.6 Å². The van der Waals surface area contributed by atoms with Crippen molar-refractivity contribution < 1.29 is 25.0 Å². The van der Waals surface area contributed by atoms with Gasteiger partial charge >= 0.3 is 168 Å². The van der Waals surface area contributed by atoms with Crippen LogP contribution < -0.4 is 0 Å². The SMILES string of the molecule is CC1=C(C)[CH]([Zr]([Cl])[CH]2C=Cc3c(-c4ccc(C)o4)cccc32)C(C)=C1C. The van der Waals surface area contributed by atoms with Gasteiger partial charge in [-0.05, 0) is 0 Å². The van der Waals surface area contributed by atoms with E-state index in [2.05, 4.69) is 64.1 Å². The number of fused-ring (bicyclic) bond motifs is 1. The molecule has 0 amide bonds. The zero-order valence-electron chi connectivity index (χ0n) is 16.0. The van der Waals surface area contributed by atoms with Crippen LogP contribution in [0.2, 0.25) is 3.63 Å². The van der Waals surface area contributed by atoms with Gasteiger partial charge in [0, 0.05) is 0 Å². The number of hydrogen-bond donors (Lipinski definition) is 0. The third kappa shape index (κ3) is 2.77. The van der Waals surface area contributed by atoms with Gasteiger partial charge in [0.25, 0.3) is 0 Å². The van der Waals surface area contributed by atoms with Crippen LogP contribution in [0.15, 0.2) is 63.1 Å². The third-order valence-corrected chi connectivity index (χ3v) is 15.0. The second-order valence-corrected chi connectivity index (χ2v) is 14.9. The van der Waals surface area contributed by atoms with Gasteiger partial charge in [0.15, 0.2) is 0 Å². The minimum absolute atomic E-state index is 0.415. The van der Waals surface area contributed by atoms with E-state index in [1.807, 2.05) is 13.0 Å². The summed E-state index contributed by atoms with van der Waals surface area (Å²) in [6.07, 6.45) is 4.62. The summed E-state index contributed by atoms with van der Waals surface area (Å²) >= 11 is -2.28. The van der Waals surface area contributed by atoms with Crippen LogP contribution in [0, 0.1) is 6.92 Å². The molecule has 4 rings (SSSR count). The summed E-state index contributed by atoms with van der Waals surface area (Å²) in [6, 6.07) is 10.7. The van der Waals surface area contributed by atoms with Crippen molar-refractivity contribution in [2.75, 3.05) is 0 Å². The average Bonchev–Trinajstić information content (AvgIpc) is 3.29. The van der Waals surface area contributed by atoms with Crippen molar-refractivity contribution in [2.45, 2.75) is 41.9 Å². The average molecular weight is 443 g/mol. The van der Waals surface area contributed by atoms with E-state index in [9.17, 15) is 0 Å². The molecule has 0 fully saturated rings. The maximum absolute atomic E-state index is 7.30. The Balaban J connectivity index is 1.73. The number of halogens is 1. The Bertz CT molecular complexity index is 952. The van der Waals surface area contributed by atoms with Crippen LogP contribution in [-0.4, -0.2) is 0 Å². The Hall–Kier alpha value is -1.11. The Morgan fingerprint density at radius 2 is 1.62 bits per heavy atom. The molecule has 0 radical (unpaired) electrons. The van der Waals surface area contributed by atoms with E-state index in [1.165, 1.54) is 39.0 Å². The molecule has 2 aromatic rings. The molecule has 0 saturated heterocycles. The molecule has 26 heavy (non-hydrogen) atoms. The van der Waals surface area contributed by atoms with Crippen molar-refractivity contribution in [3.05, 3.63) is 75.6 Å². The quantitative estimate of drug-likeness (QED) is 0.477. The third-order valence-electron chi connectivity index (χ3n) is 6.12. The summed E-state index contributed by atoms with van der Waals surface area (Å²) in [6.45, 7) is 11.1. The second kappa shape index (κ2) is 6.81. The fourth-order valence-electron chi connectivity index (χ4n) is 4.31. The maximum atomic E-state index is 7.30. The van der Waals surface area contributed by atoms with Crippen LogP contribution in [0.25, 0.3) is 17.4 Å². The predicted octanol–water partition coefficient (Wildman–Crippen LogP) is 7.57. The first-order valence-corrected chi connectivity index (χ1v) is 15.2. The molecular formula is C23H24ClOZr.